The van der Waals surface area contributed by atoms with Gasteiger partial charge in [0, 0.05) is 30.0 Å². The second kappa shape index (κ2) is 6.11. The number of carbonyl (C=O) groups is 1. The first-order valence-electron chi connectivity index (χ1n) is 8.32. The third-order valence-electron chi connectivity index (χ3n) is 5.43. The molecule has 6 heteroatoms. The molecule has 0 saturated heterocycles. The zero-order chi connectivity index (χ0) is 17.5. The minimum atomic E-state index is -4.82. The van der Waals surface area contributed by atoms with E-state index in [-0.39, 0.29) is 5.41 Å². The van der Waals surface area contributed by atoms with Gasteiger partial charge in [0.15, 0.2) is 0 Å². The van der Waals surface area contributed by atoms with E-state index in [9.17, 15) is 18.0 Å². The molecule has 1 fully saturated rings. The Labute approximate surface area is 136 Å². The molecule has 1 heterocycles. The van der Waals surface area contributed by atoms with Crippen molar-refractivity contribution in [2.75, 3.05) is 19.6 Å². The Kier molecular flexibility index (Phi) is 4.86. The molecular weight excluding hydrogens is 305 g/mol. The van der Waals surface area contributed by atoms with Crippen LogP contribution in [-0.2, 0) is 4.79 Å². The highest BCUT2D eigenvalue weighted by Gasteiger charge is 2.51. The Bertz CT molecular complexity index is 499. The first kappa shape index (κ1) is 18.3. The lowest BCUT2D eigenvalue weighted by Crippen LogP contribution is -2.57. The molecule has 3 nitrogen and oxygen atoms in total. The second-order valence-electron chi connectivity index (χ2n) is 7.70. The zero-order valence-electron chi connectivity index (χ0n) is 14.4. The lowest BCUT2D eigenvalue weighted by atomic mass is 9.57. The molecule has 2 atom stereocenters. The molecule has 1 aliphatic heterocycles. The average Bonchev–Trinajstić information content (AvgIpc) is 2.41. The van der Waals surface area contributed by atoms with Crippen molar-refractivity contribution in [3.05, 3.63) is 11.6 Å². The van der Waals surface area contributed by atoms with E-state index >= 15 is 0 Å². The van der Waals surface area contributed by atoms with E-state index in [1.807, 2.05) is 13.8 Å². The minimum Gasteiger partial charge on any atom is -0.345 e. The standard InChI is InChI=1S/C17H27F3N2O/c1-5-9-22-10-7-12-15(2,3)13(6-8-16(12,4)11-22)21-14(23)17(18,19)20/h7,13H,5-6,8-11H2,1-4H3,(H,21,23)/t13-,16+/m0/s1. The Morgan fingerprint density at radius 1 is 1.39 bits per heavy atom. The van der Waals surface area contributed by atoms with Crippen molar-refractivity contribution >= 4 is 5.91 Å². The van der Waals surface area contributed by atoms with Gasteiger partial charge in [-0.15, -0.1) is 0 Å². The van der Waals surface area contributed by atoms with Crippen LogP contribution in [0.25, 0.3) is 0 Å². The van der Waals surface area contributed by atoms with Gasteiger partial charge in [-0.05, 0) is 25.8 Å². The molecule has 23 heavy (non-hydrogen) atoms. The monoisotopic (exact) mass is 332 g/mol. The van der Waals surface area contributed by atoms with Crippen molar-refractivity contribution in [1.29, 1.82) is 0 Å². The minimum absolute atomic E-state index is 0.0175. The van der Waals surface area contributed by atoms with Gasteiger partial charge in [-0.2, -0.15) is 13.2 Å². The van der Waals surface area contributed by atoms with Gasteiger partial charge in [0.2, 0.25) is 0 Å². The van der Waals surface area contributed by atoms with Crippen LogP contribution < -0.4 is 5.32 Å². The zero-order valence-corrected chi connectivity index (χ0v) is 14.4. The number of hydrogen-bond donors (Lipinski definition) is 1. The summed E-state index contributed by atoms with van der Waals surface area (Å²) in [6.45, 7) is 11.1. The van der Waals surface area contributed by atoms with Crippen LogP contribution in [0.4, 0.5) is 13.2 Å². The van der Waals surface area contributed by atoms with Crippen molar-refractivity contribution in [2.24, 2.45) is 10.8 Å². The number of rotatable bonds is 3. The molecule has 0 unspecified atom stereocenters. The molecule has 2 aliphatic rings. The van der Waals surface area contributed by atoms with Crippen molar-refractivity contribution in [1.82, 2.24) is 10.2 Å². The number of carbonyl (C=O) groups excluding carboxylic acids is 1. The summed E-state index contributed by atoms with van der Waals surface area (Å²) < 4.78 is 37.7. The van der Waals surface area contributed by atoms with Crippen LogP contribution in [0.3, 0.4) is 0 Å². The molecule has 1 N–H and O–H groups in total. The van der Waals surface area contributed by atoms with Gasteiger partial charge in [-0.1, -0.05) is 39.3 Å². The first-order valence-corrected chi connectivity index (χ1v) is 8.32. The fraction of sp³-hybridized carbons (Fsp3) is 0.824. The quantitative estimate of drug-likeness (QED) is 0.802. The van der Waals surface area contributed by atoms with Crippen LogP contribution in [0.2, 0.25) is 0 Å². The normalized spacial score (nSPS) is 31.3. The van der Waals surface area contributed by atoms with E-state index in [0.29, 0.717) is 6.42 Å². The first-order chi connectivity index (χ1) is 10.5. The molecule has 0 bridgehead atoms. The maximum absolute atomic E-state index is 12.6. The molecule has 0 aromatic heterocycles. The molecule has 2 rings (SSSR count). The summed E-state index contributed by atoms with van der Waals surface area (Å²) in [4.78, 5) is 13.7. The van der Waals surface area contributed by atoms with E-state index in [2.05, 4.69) is 30.1 Å². The van der Waals surface area contributed by atoms with Crippen molar-refractivity contribution < 1.29 is 18.0 Å². The van der Waals surface area contributed by atoms with E-state index in [4.69, 9.17) is 0 Å². The van der Waals surface area contributed by atoms with Crippen LogP contribution >= 0.6 is 0 Å². The van der Waals surface area contributed by atoms with Crippen LogP contribution in [0.15, 0.2) is 11.6 Å². The van der Waals surface area contributed by atoms with Crippen LogP contribution in [-0.4, -0.2) is 42.7 Å². The summed E-state index contributed by atoms with van der Waals surface area (Å²) in [5, 5.41) is 2.22. The van der Waals surface area contributed by atoms with Gasteiger partial charge >= 0.3 is 12.1 Å². The van der Waals surface area contributed by atoms with Gasteiger partial charge in [0.25, 0.3) is 0 Å². The summed E-state index contributed by atoms with van der Waals surface area (Å²) in [5.74, 6) is -1.83. The van der Waals surface area contributed by atoms with E-state index < -0.39 is 23.5 Å². The summed E-state index contributed by atoms with van der Waals surface area (Å²) in [6, 6.07) is -0.478. The Morgan fingerprint density at radius 3 is 2.61 bits per heavy atom. The lowest BCUT2D eigenvalue weighted by molar-refractivity contribution is -0.175. The lowest BCUT2D eigenvalue weighted by Gasteiger charge is -2.54. The molecule has 132 valence electrons. The number of nitrogens with zero attached hydrogens (tertiary/aromatic N) is 1. The highest BCUT2D eigenvalue weighted by molar-refractivity contribution is 5.82. The number of amides is 1. The SMILES string of the molecule is CCCN1CC=C2C(C)(C)[C@@H](NC(=O)C(F)(F)F)CC[C@]2(C)C1. The number of alkyl halides is 3. The van der Waals surface area contributed by atoms with Crippen molar-refractivity contribution in [3.63, 3.8) is 0 Å². The maximum Gasteiger partial charge on any atom is 0.471 e. The molecule has 0 radical (unpaired) electrons. The fourth-order valence-electron chi connectivity index (χ4n) is 4.36. The number of hydrogen-bond acceptors (Lipinski definition) is 2. The molecular formula is C17H27F3N2O. The summed E-state index contributed by atoms with van der Waals surface area (Å²) in [6.07, 6.45) is -0.193. The molecule has 0 aromatic carbocycles. The van der Waals surface area contributed by atoms with Crippen molar-refractivity contribution in [2.45, 2.75) is 59.2 Å². The third kappa shape index (κ3) is 3.57. The molecule has 1 saturated carbocycles. The number of nitrogens with one attached hydrogen (secondary N) is 1. The topological polar surface area (TPSA) is 32.3 Å². The van der Waals surface area contributed by atoms with E-state index in [1.165, 1.54) is 5.57 Å². The largest absolute Gasteiger partial charge is 0.471 e. The highest BCUT2D eigenvalue weighted by Crippen LogP contribution is 2.52. The predicted octanol–water partition coefficient (Wildman–Crippen LogP) is 3.51. The predicted molar refractivity (Wildman–Crippen MR) is 83.9 cm³/mol. The van der Waals surface area contributed by atoms with Gasteiger partial charge < -0.3 is 5.32 Å². The summed E-state index contributed by atoms with van der Waals surface area (Å²) >= 11 is 0. The Morgan fingerprint density at radius 2 is 2.04 bits per heavy atom. The van der Waals surface area contributed by atoms with Crippen LogP contribution in [0.5, 0.6) is 0 Å². The smallest absolute Gasteiger partial charge is 0.345 e. The van der Waals surface area contributed by atoms with E-state index in [1.54, 1.807) is 0 Å². The van der Waals surface area contributed by atoms with Gasteiger partial charge in [-0.25, -0.2) is 0 Å². The van der Waals surface area contributed by atoms with Crippen LogP contribution in [0, 0.1) is 10.8 Å². The van der Waals surface area contributed by atoms with Gasteiger partial charge in [0.1, 0.15) is 0 Å². The van der Waals surface area contributed by atoms with Crippen LogP contribution in [0.1, 0.15) is 47.0 Å². The summed E-state index contributed by atoms with van der Waals surface area (Å²) in [7, 11) is 0. The molecule has 0 spiro atoms. The number of fused-ring (bicyclic) bond motifs is 1. The Balaban J connectivity index is 2.20. The fourth-order valence-corrected chi connectivity index (χ4v) is 4.36. The third-order valence-corrected chi connectivity index (χ3v) is 5.43. The van der Waals surface area contributed by atoms with Gasteiger partial charge in [0.05, 0.1) is 0 Å². The highest BCUT2D eigenvalue weighted by atomic mass is 19.4. The maximum atomic E-state index is 12.6. The second-order valence-corrected chi connectivity index (χ2v) is 7.70. The summed E-state index contributed by atoms with van der Waals surface area (Å²) in [5.41, 5.74) is 0.707. The molecule has 0 aromatic rings. The van der Waals surface area contributed by atoms with E-state index in [0.717, 1.165) is 32.5 Å². The molecule has 1 amide bonds. The van der Waals surface area contributed by atoms with Crippen molar-refractivity contribution in [3.8, 4) is 0 Å². The number of halogens is 3. The average molecular weight is 332 g/mol. The Hall–Kier alpha value is -1.04. The van der Waals surface area contributed by atoms with Gasteiger partial charge in [-0.3, -0.25) is 9.69 Å². The molecule has 1 aliphatic carbocycles.